The van der Waals surface area contributed by atoms with Crippen molar-refractivity contribution in [2.24, 2.45) is 0 Å². The van der Waals surface area contributed by atoms with E-state index in [1.165, 1.54) is 0 Å². The normalized spacial score (nSPS) is 9.77. The maximum atomic E-state index is 12.1. The Hall–Kier alpha value is -2.27. The Kier molecular flexibility index (Phi) is 6.19. The van der Waals surface area contributed by atoms with E-state index in [0.29, 0.717) is 11.4 Å². The Labute approximate surface area is 136 Å². The fraction of sp³-hybridized carbons (Fsp3) is 0.250. The molecule has 5 nitrogen and oxygen atoms in total. The summed E-state index contributed by atoms with van der Waals surface area (Å²) in [6.07, 6.45) is 1.75. The number of methoxy groups -OCH3 is 1. The summed E-state index contributed by atoms with van der Waals surface area (Å²) < 4.78 is 5.35. The Morgan fingerprint density at radius 1 is 1.27 bits per heavy atom. The summed E-state index contributed by atoms with van der Waals surface area (Å²) in [4.78, 5) is 16.2. The fourth-order valence-corrected chi connectivity index (χ4v) is 2.18. The summed E-state index contributed by atoms with van der Waals surface area (Å²) >= 11 is 0. The molecule has 0 atom stereocenters. The first kappa shape index (κ1) is 17.8. The van der Waals surface area contributed by atoms with Crippen LogP contribution in [-0.2, 0) is 11.2 Å². The number of carbonyl (C=O) groups excluding carboxylic acids is 1. The van der Waals surface area contributed by atoms with E-state index in [-0.39, 0.29) is 24.7 Å². The number of rotatable bonds is 4. The van der Waals surface area contributed by atoms with E-state index in [9.17, 15) is 4.79 Å². The number of aryl methyl sites for hydroxylation is 1. The van der Waals surface area contributed by atoms with Gasteiger partial charge in [-0.1, -0.05) is 6.07 Å². The first-order valence-electron chi connectivity index (χ1n) is 6.65. The largest absolute Gasteiger partial charge is 0.496 e. The molecule has 2 aromatic rings. The predicted octanol–water partition coefficient (Wildman–Crippen LogP) is 2.89. The number of pyridine rings is 1. The highest BCUT2D eigenvalue weighted by molar-refractivity contribution is 5.93. The lowest BCUT2D eigenvalue weighted by Gasteiger charge is -2.14. The minimum atomic E-state index is -0.124. The van der Waals surface area contributed by atoms with Crippen molar-refractivity contribution in [2.45, 2.75) is 20.3 Å². The van der Waals surface area contributed by atoms with Crippen molar-refractivity contribution in [2.75, 3.05) is 18.2 Å². The second-order valence-corrected chi connectivity index (χ2v) is 4.90. The summed E-state index contributed by atoms with van der Waals surface area (Å²) in [6, 6.07) is 7.28. The van der Waals surface area contributed by atoms with Crippen molar-refractivity contribution in [3.05, 3.63) is 47.3 Å². The van der Waals surface area contributed by atoms with Crippen LogP contribution in [0.15, 0.2) is 30.5 Å². The number of nitrogens with two attached hydrogens (primary N) is 1. The van der Waals surface area contributed by atoms with Crippen LogP contribution in [0, 0.1) is 13.8 Å². The highest BCUT2D eigenvalue weighted by Crippen LogP contribution is 2.29. The summed E-state index contributed by atoms with van der Waals surface area (Å²) in [7, 11) is 1.62. The number of hydrogen-bond acceptors (Lipinski definition) is 4. The Balaban J connectivity index is 0.00000242. The number of anilines is 2. The average molecular weight is 322 g/mol. The molecule has 0 bridgehead atoms. The maximum Gasteiger partial charge on any atom is 0.230 e. The van der Waals surface area contributed by atoms with Gasteiger partial charge >= 0.3 is 0 Å². The van der Waals surface area contributed by atoms with E-state index >= 15 is 0 Å². The lowest BCUT2D eigenvalue weighted by atomic mass is 10.1. The van der Waals surface area contributed by atoms with E-state index < -0.39 is 0 Å². The molecule has 3 N–H and O–H groups in total. The smallest absolute Gasteiger partial charge is 0.230 e. The minimum Gasteiger partial charge on any atom is -0.496 e. The second kappa shape index (κ2) is 7.66. The van der Waals surface area contributed by atoms with Crippen molar-refractivity contribution in [1.29, 1.82) is 0 Å². The Bertz CT molecular complexity index is 657. The first-order valence-corrected chi connectivity index (χ1v) is 6.65. The van der Waals surface area contributed by atoms with Crippen LogP contribution in [0.3, 0.4) is 0 Å². The van der Waals surface area contributed by atoms with Gasteiger partial charge in [-0.2, -0.15) is 0 Å². The van der Waals surface area contributed by atoms with E-state index in [0.717, 1.165) is 22.6 Å². The monoisotopic (exact) mass is 321 g/mol. The fourth-order valence-electron chi connectivity index (χ4n) is 2.18. The molecule has 1 heterocycles. The third kappa shape index (κ3) is 4.11. The van der Waals surface area contributed by atoms with Gasteiger partial charge in [0.1, 0.15) is 5.75 Å². The molecule has 22 heavy (non-hydrogen) atoms. The van der Waals surface area contributed by atoms with Crippen LogP contribution >= 0.6 is 12.4 Å². The molecule has 2 rings (SSSR count). The van der Waals surface area contributed by atoms with Crippen LogP contribution in [0.25, 0.3) is 0 Å². The van der Waals surface area contributed by atoms with Gasteiger partial charge in [0.25, 0.3) is 0 Å². The third-order valence-electron chi connectivity index (χ3n) is 3.27. The quantitative estimate of drug-likeness (QED) is 0.907. The number of hydrogen-bond donors (Lipinski definition) is 2. The van der Waals surface area contributed by atoms with Gasteiger partial charge < -0.3 is 15.8 Å². The number of halogens is 1. The molecular weight excluding hydrogens is 302 g/mol. The molecule has 1 aromatic heterocycles. The molecule has 0 saturated heterocycles. The van der Waals surface area contributed by atoms with E-state index in [4.69, 9.17) is 10.5 Å². The van der Waals surface area contributed by atoms with Gasteiger partial charge in [-0.25, -0.2) is 0 Å². The Morgan fingerprint density at radius 2 is 2.00 bits per heavy atom. The predicted molar refractivity (Wildman–Crippen MR) is 90.7 cm³/mol. The number of amides is 1. The third-order valence-corrected chi connectivity index (χ3v) is 3.27. The molecule has 0 aliphatic rings. The zero-order valence-electron chi connectivity index (χ0n) is 12.8. The number of nitrogen functional groups attached to an aromatic ring is 1. The zero-order chi connectivity index (χ0) is 15.4. The number of ether oxygens (including phenoxy) is 1. The van der Waals surface area contributed by atoms with Crippen molar-refractivity contribution in [3.63, 3.8) is 0 Å². The molecule has 0 spiro atoms. The Morgan fingerprint density at radius 3 is 2.59 bits per heavy atom. The summed E-state index contributed by atoms with van der Waals surface area (Å²) in [5, 5.41) is 2.89. The van der Waals surface area contributed by atoms with Gasteiger partial charge in [-0.05, 0) is 37.6 Å². The van der Waals surface area contributed by atoms with Gasteiger partial charge in [0.05, 0.1) is 25.4 Å². The number of aromatic nitrogens is 1. The van der Waals surface area contributed by atoms with Gasteiger partial charge in [0.15, 0.2) is 0 Å². The first-order chi connectivity index (χ1) is 10.0. The molecule has 0 saturated carbocycles. The van der Waals surface area contributed by atoms with Crippen LogP contribution in [0.1, 0.15) is 16.8 Å². The van der Waals surface area contributed by atoms with E-state index in [1.807, 2.05) is 26.0 Å². The number of benzene rings is 1. The van der Waals surface area contributed by atoms with Gasteiger partial charge in [0, 0.05) is 16.9 Å². The molecule has 6 heteroatoms. The average Bonchev–Trinajstić information content (AvgIpc) is 2.45. The SMILES string of the molecule is COc1c(C)ccc(NC(=O)Cc2ccc(N)cn2)c1C.Cl. The minimum absolute atomic E-state index is 0. The lowest BCUT2D eigenvalue weighted by molar-refractivity contribution is -0.115. The molecule has 118 valence electrons. The summed E-state index contributed by atoms with van der Waals surface area (Å²) in [5.74, 6) is 0.666. The van der Waals surface area contributed by atoms with Crippen LogP contribution in [0.5, 0.6) is 5.75 Å². The van der Waals surface area contributed by atoms with Crippen molar-refractivity contribution in [3.8, 4) is 5.75 Å². The molecular formula is C16H20ClN3O2. The van der Waals surface area contributed by atoms with Crippen molar-refractivity contribution in [1.82, 2.24) is 4.98 Å². The second-order valence-electron chi connectivity index (χ2n) is 4.90. The summed E-state index contributed by atoms with van der Waals surface area (Å²) in [5.41, 5.74) is 9.53. The highest BCUT2D eigenvalue weighted by atomic mass is 35.5. The van der Waals surface area contributed by atoms with Gasteiger partial charge in [-0.15, -0.1) is 12.4 Å². The van der Waals surface area contributed by atoms with Crippen LogP contribution in [0.4, 0.5) is 11.4 Å². The molecule has 0 radical (unpaired) electrons. The summed E-state index contributed by atoms with van der Waals surface area (Å²) in [6.45, 7) is 3.89. The number of nitrogens with one attached hydrogen (secondary N) is 1. The van der Waals surface area contributed by atoms with Crippen LogP contribution in [0.2, 0.25) is 0 Å². The highest BCUT2D eigenvalue weighted by Gasteiger charge is 2.11. The molecule has 0 unspecified atom stereocenters. The number of nitrogens with zero attached hydrogens (tertiary/aromatic N) is 1. The van der Waals surface area contributed by atoms with Gasteiger partial charge in [0.2, 0.25) is 5.91 Å². The van der Waals surface area contributed by atoms with Crippen LogP contribution in [-0.4, -0.2) is 18.0 Å². The number of carbonyl (C=O) groups is 1. The molecule has 1 amide bonds. The standard InChI is InChI=1S/C16H19N3O2.ClH/c1-10-4-7-14(11(2)16(10)21-3)19-15(20)8-13-6-5-12(17)9-18-13;/h4-7,9H,8,17H2,1-3H3,(H,19,20);1H. The molecule has 0 aliphatic heterocycles. The topological polar surface area (TPSA) is 77.2 Å². The maximum absolute atomic E-state index is 12.1. The molecule has 1 aromatic carbocycles. The van der Waals surface area contributed by atoms with Gasteiger partial charge in [-0.3, -0.25) is 9.78 Å². The van der Waals surface area contributed by atoms with Crippen LogP contribution < -0.4 is 15.8 Å². The van der Waals surface area contributed by atoms with E-state index in [1.54, 1.807) is 25.4 Å². The van der Waals surface area contributed by atoms with Crippen molar-refractivity contribution < 1.29 is 9.53 Å². The van der Waals surface area contributed by atoms with Crippen molar-refractivity contribution >= 4 is 29.7 Å². The molecule has 0 fully saturated rings. The zero-order valence-corrected chi connectivity index (χ0v) is 13.7. The van der Waals surface area contributed by atoms with E-state index in [2.05, 4.69) is 10.3 Å². The lowest BCUT2D eigenvalue weighted by Crippen LogP contribution is -2.16. The molecule has 0 aliphatic carbocycles.